The van der Waals surface area contributed by atoms with Crippen molar-refractivity contribution in [3.63, 3.8) is 0 Å². The summed E-state index contributed by atoms with van der Waals surface area (Å²) in [7, 11) is 0. The highest BCUT2D eigenvalue weighted by atomic mass is 19.4. The molecule has 1 aliphatic heterocycles. The van der Waals surface area contributed by atoms with Gasteiger partial charge in [0.25, 0.3) is 5.95 Å². The average molecular weight is 450 g/mol. The Bertz CT molecular complexity index is 1120. The number of piperazine rings is 1. The average Bonchev–Trinajstić information content (AvgIpc) is 3.11. The molecule has 0 atom stereocenters. The van der Waals surface area contributed by atoms with E-state index >= 15 is 0 Å². The zero-order chi connectivity index (χ0) is 22.9. The number of anilines is 1. The molecule has 7 nitrogen and oxygen atoms in total. The second kappa shape index (κ2) is 8.62. The van der Waals surface area contributed by atoms with Crippen LogP contribution in [0.3, 0.4) is 0 Å². The van der Waals surface area contributed by atoms with Crippen molar-refractivity contribution in [3.05, 3.63) is 53.6 Å². The largest absolute Gasteiger partial charge is 0.573 e. The molecule has 3 aromatic rings. The molecule has 1 aliphatic rings. The van der Waals surface area contributed by atoms with Gasteiger partial charge >= 0.3 is 12.5 Å². The van der Waals surface area contributed by atoms with Gasteiger partial charge in [-0.2, -0.15) is 0 Å². The van der Waals surface area contributed by atoms with Crippen molar-refractivity contribution in [2.45, 2.75) is 19.8 Å². The molecule has 1 fully saturated rings. The highest BCUT2D eigenvalue weighted by Gasteiger charge is 2.31. The maximum absolute atomic E-state index is 12.4. The molecule has 2 heterocycles. The van der Waals surface area contributed by atoms with E-state index in [1.807, 2.05) is 13.0 Å². The van der Waals surface area contributed by atoms with Crippen molar-refractivity contribution in [2.75, 3.05) is 31.1 Å². The second-order valence-corrected chi connectivity index (χ2v) is 7.51. The van der Waals surface area contributed by atoms with Crippen molar-refractivity contribution in [2.24, 2.45) is 0 Å². The van der Waals surface area contributed by atoms with Gasteiger partial charge < -0.3 is 23.9 Å². The van der Waals surface area contributed by atoms with E-state index in [0.717, 1.165) is 48.4 Å². The first kappa shape index (κ1) is 21.8. The van der Waals surface area contributed by atoms with E-state index in [0.29, 0.717) is 12.1 Å². The molecule has 0 radical (unpaired) electrons. The summed E-state index contributed by atoms with van der Waals surface area (Å²) in [5.41, 5.74) is 3.27. The van der Waals surface area contributed by atoms with E-state index in [1.54, 1.807) is 24.3 Å². The summed E-state index contributed by atoms with van der Waals surface area (Å²) >= 11 is 0. The van der Waals surface area contributed by atoms with E-state index in [9.17, 15) is 18.0 Å². The Balaban J connectivity index is 1.40. The summed E-state index contributed by atoms with van der Waals surface area (Å²) in [6.45, 7) is 5.42. The monoisotopic (exact) mass is 450 g/mol. The van der Waals surface area contributed by atoms with E-state index in [4.69, 9.17) is 9.52 Å². The summed E-state index contributed by atoms with van der Waals surface area (Å²) < 4.78 is 51.4. The van der Waals surface area contributed by atoms with Gasteiger partial charge in [-0.3, -0.25) is 4.90 Å². The van der Waals surface area contributed by atoms with Crippen molar-refractivity contribution in [1.82, 2.24) is 4.90 Å². The van der Waals surface area contributed by atoms with Crippen LogP contribution in [-0.2, 0) is 6.54 Å². The van der Waals surface area contributed by atoms with Crippen LogP contribution in [0.15, 0.2) is 46.9 Å². The quantitative estimate of drug-likeness (QED) is 0.547. The maximum atomic E-state index is 12.4. The number of nitrogens with zero attached hydrogens (tertiary/aromatic N) is 2. The third-order valence-electron chi connectivity index (χ3n) is 5.36. The third kappa shape index (κ3) is 5.08. The lowest BCUT2D eigenvalue weighted by Crippen LogP contribution is -2.46. The SMILES string of the molecule is Cc1c(N2CCN(Cc3cccc(OC(F)(F)F)c3)CC2)ccc2oc(OC(=O)O)cc12. The second-order valence-electron chi connectivity index (χ2n) is 7.51. The minimum Gasteiger partial charge on any atom is -0.449 e. The van der Waals surface area contributed by atoms with E-state index in [-0.39, 0.29) is 11.7 Å². The maximum Gasteiger partial charge on any atom is 0.573 e. The number of hydrogen-bond donors (Lipinski definition) is 1. The number of rotatable bonds is 5. The fourth-order valence-corrected chi connectivity index (χ4v) is 3.94. The highest BCUT2D eigenvalue weighted by molar-refractivity contribution is 5.88. The van der Waals surface area contributed by atoms with Crippen molar-refractivity contribution < 1.29 is 37.0 Å². The first-order valence-corrected chi connectivity index (χ1v) is 9.94. The lowest BCUT2D eigenvalue weighted by molar-refractivity contribution is -0.274. The summed E-state index contributed by atoms with van der Waals surface area (Å²) in [6, 6.07) is 11.3. The molecule has 4 rings (SSSR count). The molecule has 2 aromatic carbocycles. The first-order valence-electron chi connectivity index (χ1n) is 9.94. The fraction of sp³-hybridized carbons (Fsp3) is 0.318. The summed E-state index contributed by atoms with van der Waals surface area (Å²) in [6.07, 6.45) is -6.15. The highest BCUT2D eigenvalue weighted by Crippen LogP contribution is 2.34. The molecule has 0 spiro atoms. The molecule has 0 bridgehead atoms. The van der Waals surface area contributed by atoms with Crippen molar-refractivity contribution >= 4 is 22.8 Å². The molecule has 10 heteroatoms. The van der Waals surface area contributed by atoms with Crippen molar-refractivity contribution in [1.29, 1.82) is 0 Å². The van der Waals surface area contributed by atoms with Gasteiger partial charge in [-0.1, -0.05) is 12.1 Å². The number of carbonyl (C=O) groups is 1. The van der Waals surface area contributed by atoms with Crippen LogP contribution in [-0.4, -0.2) is 48.7 Å². The van der Waals surface area contributed by atoms with Crippen LogP contribution in [0.1, 0.15) is 11.1 Å². The van der Waals surface area contributed by atoms with E-state index in [2.05, 4.69) is 19.3 Å². The van der Waals surface area contributed by atoms with E-state index in [1.165, 1.54) is 12.1 Å². The molecule has 1 N–H and O–H groups in total. The normalized spacial score (nSPS) is 15.2. The van der Waals surface area contributed by atoms with Gasteiger partial charge in [0.15, 0.2) is 0 Å². The Morgan fingerprint density at radius 3 is 2.56 bits per heavy atom. The van der Waals surface area contributed by atoms with Crippen LogP contribution < -0.4 is 14.4 Å². The topological polar surface area (TPSA) is 75.4 Å². The Hall–Kier alpha value is -3.40. The number of benzene rings is 2. The number of ether oxygens (including phenoxy) is 2. The standard InChI is InChI=1S/C22H21F3N2O5/c1-14-17-12-20(31-21(28)29)30-19(17)6-5-18(14)27-9-7-26(8-10-27)13-15-3-2-4-16(11-15)32-22(23,24)25/h2-6,11-12H,7-10,13H2,1H3,(H,28,29). The predicted molar refractivity (Wildman–Crippen MR) is 110 cm³/mol. The zero-order valence-electron chi connectivity index (χ0n) is 17.2. The van der Waals surface area contributed by atoms with Gasteiger partial charge in [0, 0.05) is 49.9 Å². The van der Waals surface area contributed by atoms with Crippen LogP contribution in [0.4, 0.5) is 23.7 Å². The molecule has 32 heavy (non-hydrogen) atoms. The minimum atomic E-state index is -4.71. The number of aryl methyl sites for hydroxylation is 1. The van der Waals surface area contributed by atoms with Gasteiger partial charge in [0.2, 0.25) is 0 Å². The fourth-order valence-electron chi connectivity index (χ4n) is 3.94. The Morgan fingerprint density at radius 1 is 1.12 bits per heavy atom. The molecule has 1 saturated heterocycles. The van der Waals surface area contributed by atoms with Crippen molar-refractivity contribution in [3.8, 4) is 11.7 Å². The van der Waals surface area contributed by atoms with Gasteiger partial charge in [0.05, 0.1) is 0 Å². The third-order valence-corrected chi connectivity index (χ3v) is 5.36. The molecule has 0 saturated carbocycles. The Kier molecular flexibility index (Phi) is 5.88. The molecular formula is C22H21F3N2O5. The van der Waals surface area contributed by atoms with Gasteiger partial charge in [0.1, 0.15) is 11.3 Å². The molecule has 0 amide bonds. The van der Waals surface area contributed by atoms with Crippen LogP contribution in [0.5, 0.6) is 11.7 Å². The van der Waals surface area contributed by atoms with Gasteiger partial charge in [-0.05, 0) is 42.3 Å². The Labute approximate surface area is 181 Å². The number of fused-ring (bicyclic) bond motifs is 1. The number of hydrogen-bond acceptors (Lipinski definition) is 6. The number of furan rings is 1. The van der Waals surface area contributed by atoms with E-state index < -0.39 is 12.5 Å². The van der Waals surface area contributed by atoms with Crippen LogP contribution >= 0.6 is 0 Å². The first-order chi connectivity index (χ1) is 15.2. The minimum absolute atomic E-state index is 0.0747. The number of alkyl halides is 3. The molecule has 0 aliphatic carbocycles. The number of carboxylic acid groups (broad SMARTS) is 1. The Morgan fingerprint density at radius 2 is 1.88 bits per heavy atom. The smallest absolute Gasteiger partial charge is 0.449 e. The van der Waals surface area contributed by atoms with Gasteiger partial charge in [-0.25, -0.2) is 4.79 Å². The molecule has 1 aromatic heterocycles. The predicted octanol–water partition coefficient (Wildman–Crippen LogP) is 5.02. The summed E-state index contributed by atoms with van der Waals surface area (Å²) in [5.74, 6) is -0.293. The van der Waals surface area contributed by atoms with Crippen LogP contribution in [0.25, 0.3) is 11.0 Å². The summed E-state index contributed by atoms with van der Waals surface area (Å²) in [4.78, 5) is 15.1. The lowest BCUT2D eigenvalue weighted by Gasteiger charge is -2.37. The van der Waals surface area contributed by atoms with Gasteiger partial charge in [-0.15, -0.1) is 13.2 Å². The number of halogens is 3. The molecule has 0 unspecified atom stereocenters. The van der Waals surface area contributed by atoms with Crippen LogP contribution in [0, 0.1) is 6.92 Å². The van der Waals surface area contributed by atoms with Crippen LogP contribution in [0.2, 0.25) is 0 Å². The molecular weight excluding hydrogens is 429 g/mol. The molecule has 170 valence electrons. The summed E-state index contributed by atoms with van der Waals surface area (Å²) in [5, 5.41) is 9.54. The zero-order valence-corrected chi connectivity index (χ0v) is 17.2. The lowest BCUT2D eigenvalue weighted by atomic mass is 10.1.